The van der Waals surface area contributed by atoms with Gasteiger partial charge in [-0.3, -0.25) is 9.59 Å². The number of aliphatic carboxylic acids is 1. The summed E-state index contributed by atoms with van der Waals surface area (Å²) >= 11 is 0. The van der Waals surface area contributed by atoms with Crippen LogP contribution in [0.5, 0.6) is 0 Å². The highest BCUT2D eigenvalue weighted by molar-refractivity contribution is 5.85. The molecule has 2 heterocycles. The van der Waals surface area contributed by atoms with Crippen molar-refractivity contribution in [2.75, 3.05) is 6.54 Å². The van der Waals surface area contributed by atoms with Crippen molar-refractivity contribution in [2.45, 2.75) is 38.8 Å². The molecule has 0 unspecified atom stereocenters. The fourth-order valence-electron chi connectivity index (χ4n) is 3.32. The van der Waals surface area contributed by atoms with E-state index in [1.54, 1.807) is 11.1 Å². The molecule has 0 saturated heterocycles. The predicted octanol–water partition coefficient (Wildman–Crippen LogP) is 1.12. The summed E-state index contributed by atoms with van der Waals surface area (Å²) in [5, 5.41) is 9.29. The van der Waals surface area contributed by atoms with E-state index in [4.69, 9.17) is 0 Å². The zero-order valence-electron chi connectivity index (χ0n) is 11.4. The van der Waals surface area contributed by atoms with Crippen LogP contribution in [0.4, 0.5) is 0 Å². The highest BCUT2D eigenvalue weighted by atomic mass is 16.4. The van der Waals surface area contributed by atoms with E-state index >= 15 is 0 Å². The number of hydrogen-bond acceptors (Lipinski definition) is 3. The minimum absolute atomic E-state index is 0.00801. The van der Waals surface area contributed by atoms with Gasteiger partial charge in [0.05, 0.1) is 18.4 Å². The summed E-state index contributed by atoms with van der Waals surface area (Å²) in [4.78, 5) is 30.0. The number of nitrogens with zero attached hydrogens (tertiary/aromatic N) is 3. The largest absolute Gasteiger partial charge is 0.481 e. The molecule has 3 rings (SSSR count). The van der Waals surface area contributed by atoms with Gasteiger partial charge in [-0.05, 0) is 12.8 Å². The first kappa shape index (κ1) is 13.1. The number of carbonyl (C=O) groups excluding carboxylic acids is 1. The van der Waals surface area contributed by atoms with E-state index in [0.717, 1.165) is 25.2 Å². The SMILES string of the molecule is O=C(O)[C@H]1CCCC[C@H]1C(=O)N1CCn2ccnc2C1. The highest BCUT2D eigenvalue weighted by Crippen LogP contribution is 2.32. The van der Waals surface area contributed by atoms with Crippen molar-refractivity contribution in [3.8, 4) is 0 Å². The van der Waals surface area contributed by atoms with E-state index in [0.29, 0.717) is 25.9 Å². The molecule has 1 N–H and O–H groups in total. The van der Waals surface area contributed by atoms with Gasteiger partial charge < -0.3 is 14.6 Å². The Kier molecular flexibility index (Phi) is 3.46. The number of carboxylic acid groups (broad SMARTS) is 1. The van der Waals surface area contributed by atoms with Crippen LogP contribution in [-0.2, 0) is 22.7 Å². The third-order valence-corrected chi connectivity index (χ3v) is 4.46. The molecule has 1 fully saturated rings. The number of amides is 1. The summed E-state index contributed by atoms with van der Waals surface area (Å²) in [7, 11) is 0. The molecule has 2 aliphatic rings. The molecule has 6 nitrogen and oxygen atoms in total. The van der Waals surface area contributed by atoms with Crippen molar-refractivity contribution in [3.05, 3.63) is 18.2 Å². The first-order valence-corrected chi connectivity index (χ1v) is 7.18. The lowest BCUT2D eigenvalue weighted by Gasteiger charge is -2.34. The van der Waals surface area contributed by atoms with E-state index in [9.17, 15) is 14.7 Å². The van der Waals surface area contributed by atoms with Gasteiger partial charge in [-0.1, -0.05) is 12.8 Å². The van der Waals surface area contributed by atoms with E-state index < -0.39 is 11.9 Å². The molecule has 1 aliphatic carbocycles. The lowest BCUT2D eigenvalue weighted by atomic mass is 9.78. The van der Waals surface area contributed by atoms with Gasteiger partial charge in [-0.25, -0.2) is 4.98 Å². The minimum Gasteiger partial charge on any atom is -0.481 e. The molecular weight excluding hydrogens is 258 g/mol. The average Bonchev–Trinajstić information content (AvgIpc) is 2.93. The Morgan fingerprint density at radius 2 is 1.95 bits per heavy atom. The van der Waals surface area contributed by atoms with Crippen LogP contribution in [0.25, 0.3) is 0 Å². The molecule has 0 radical (unpaired) electrons. The van der Waals surface area contributed by atoms with Gasteiger partial charge in [0, 0.05) is 25.5 Å². The Hall–Kier alpha value is -1.85. The smallest absolute Gasteiger partial charge is 0.307 e. The van der Waals surface area contributed by atoms with Gasteiger partial charge in [0.2, 0.25) is 5.91 Å². The zero-order chi connectivity index (χ0) is 14.1. The number of carboxylic acids is 1. The molecule has 108 valence electrons. The normalized spacial score (nSPS) is 26.1. The summed E-state index contributed by atoms with van der Waals surface area (Å²) in [6, 6.07) is 0. The first-order chi connectivity index (χ1) is 9.66. The van der Waals surface area contributed by atoms with Gasteiger partial charge in [0.1, 0.15) is 5.82 Å². The topological polar surface area (TPSA) is 75.4 Å². The molecule has 0 bridgehead atoms. The summed E-state index contributed by atoms with van der Waals surface area (Å²) in [5.41, 5.74) is 0. The Labute approximate surface area is 117 Å². The second-order valence-electron chi connectivity index (χ2n) is 5.63. The first-order valence-electron chi connectivity index (χ1n) is 7.18. The molecule has 1 saturated carbocycles. The van der Waals surface area contributed by atoms with Crippen molar-refractivity contribution in [3.63, 3.8) is 0 Å². The van der Waals surface area contributed by atoms with Crippen molar-refractivity contribution in [1.29, 1.82) is 0 Å². The predicted molar refractivity (Wildman–Crippen MR) is 70.7 cm³/mol. The van der Waals surface area contributed by atoms with Crippen LogP contribution in [0.15, 0.2) is 12.4 Å². The van der Waals surface area contributed by atoms with Crippen LogP contribution in [0.3, 0.4) is 0 Å². The van der Waals surface area contributed by atoms with Gasteiger partial charge in [-0.2, -0.15) is 0 Å². The van der Waals surface area contributed by atoms with Gasteiger partial charge in [0.25, 0.3) is 0 Å². The van der Waals surface area contributed by atoms with Crippen molar-refractivity contribution >= 4 is 11.9 Å². The summed E-state index contributed by atoms with van der Waals surface area (Å²) in [6.45, 7) is 1.88. The lowest BCUT2D eigenvalue weighted by molar-refractivity contribution is -0.153. The molecule has 1 aromatic rings. The maximum absolute atomic E-state index is 12.6. The number of fused-ring (bicyclic) bond motifs is 1. The van der Waals surface area contributed by atoms with Crippen LogP contribution in [0.2, 0.25) is 0 Å². The van der Waals surface area contributed by atoms with Crippen LogP contribution < -0.4 is 0 Å². The minimum atomic E-state index is -0.832. The molecule has 1 amide bonds. The Morgan fingerprint density at radius 3 is 2.70 bits per heavy atom. The molecule has 0 aromatic carbocycles. The van der Waals surface area contributed by atoms with Crippen molar-refractivity contribution < 1.29 is 14.7 Å². The standard InChI is InChI=1S/C14H19N3O3/c18-13(10-3-1-2-4-11(10)14(19)20)17-8-7-16-6-5-15-12(16)9-17/h5-6,10-11H,1-4,7-9H2,(H,19,20)/t10-,11+/m1/s1. The van der Waals surface area contributed by atoms with E-state index in [-0.39, 0.29) is 11.8 Å². The van der Waals surface area contributed by atoms with E-state index in [2.05, 4.69) is 4.98 Å². The highest BCUT2D eigenvalue weighted by Gasteiger charge is 2.38. The van der Waals surface area contributed by atoms with Crippen LogP contribution >= 0.6 is 0 Å². The van der Waals surface area contributed by atoms with E-state index in [1.165, 1.54) is 0 Å². The Balaban J connectivity index is 1.73. The molecule has 1 aliphatic heterocycles. The second kappa shape index (κ2) is 5.26. The van der Waals surface area contributed by atoms with Crippen molar-refractivity contribution in [2.24, 2.45) is 11.8 Å². The van der Waals surface area contributed by atoms with Crippen LogP contribution in [0.1, 0.15) is 31.5 Å². The number of rotatable bonds is 2. The average molecular weight is 277 g/mol. The van der Waals surface area contributed by atoms with Gasteiger partial charge >= 0.3 is 5.97 Å². The third-order valence-electron chi connectivity index (χ3n) is 4.46. The monoisotopic (exact) mass is 277 g/mol. The molecule has 6 heteroatoms. The zero-order valence-corrected chi connectivity index (χ0v) is 11.4. The number of aromatic nitrogens is 2. The Morgan fingerprint density at radius 1 is 1.20 bits per heavy atom. The molecule has 1 aromatic heterocycles. The van der Waals surface area contributed by atoms with Gasteiger partial charge in [-0.15, -0.1) is 0 Å². The summed E-state index contributed by atoms with van der Waals surface area (Å²) in [5.74, 6) is -0.833. The van der Waals surface area contributed by atoms with Crippen LogP contribution in [0, 0.1) is 11.8 Å². The maximum Gasteiger partial charge on any atom is 0.307 e. The quantitative estimate of drug-likeness (QED) is 0.879. The lowest BCUT2D eigenvalue weighted by Crippen LogP contribution is -2.45. The maximum atomic E-state index is 12.6. The summed E-state index contributed by atoms with van der Waals surface area (Å²) < 4.78 is 2.04. The fourth-order valence-corrected chi connectivity index (χ4v) is 3.32. The number of carbonyl (C=O) groups is 2. The molecule has 0 spiro atoms. The van der Waals surface area contributed by atoms with E-state index in [1.807, 2.05) is 10.8 Å². The number of imidazole rings is 1. The molecular formula is C14H19N3O3. The third kappa shape index (κ3) is 2.30. The molecule has 2 atom stereocenters. The number of hydrogen-bond donors (Lipinski definition) is 1. The fraction of sp³-hybridized carbons (Fsp3) is 0.643. The van der Waals surface area contributed by atoms with Crippen molar-refractivity contribution in [1.82, 2.24) is 14.5 Å². The van der Waals surface area contributed by atoms with Gasteiger partial charge in [0.15, 0.2) is 0 Å². The van der Waals surface area contributed by atoms with Crippen LogP contribution in [-0.4, -0.2) is 38.0 Å². The Bertz CT molecular complexity index is 525. The second-order valence-corrected chi connectivity index (χ2v) is 5.63. The molecule has 20 heavy (non-hydrogen) atoms. The summed E-state index contributed by atoms with van der Waals surface area (Å²) in [6.07, 6.45) is 6.82.